The molecule has 5 N–H and O–H groups in total. The van der Waals surface area contributed by atoms with Crippen LogP contribution in [-0.4, -0.2) is 27.3 Å². The number of carbonyl (C=O) groups is 1. The number of carboxylic acids is 1. The van der Waals surface area contributed by atoms with E-state index < -0.39 is 12.0 Å². The Hall–Kier alpha value is -0.114. The molecule has 1 rings (SSSR count). The van der Waals surface area contributed by atoms with Crippen molar-refractivity contribution in [2.75, 3.05) is 0 Å². The molecule has 0 heterocycles. The summed E-state index contributed by atoms with van der Waals surface area (Å²) in [4.78, 5) is 10.4. The molecule has 0 spiro atoms. The quantitative estimate of drug-likeness (QED) is 0.332. The summed E-state index contributed by atoms with van der Waals surface area (Å²) in [6.07, 6.45) is 0.114. The summed E-state index contributed by atoms with van der Waals surface area (Å²) in [5, 5.41) is 26.6. The topological polar surface area (TPSA) is 104 Å². The number of phenols is 2. The molecular weight excluding hydrogens is 225 g/mol. The first kappa shape index (κ1) is 14.9. The third kappa shape index (κ3) is 4.50. The van der Waals surface area contributed by atoms with Crippen molar-refractivity contribution in [3.63, 3.8) is 0 Å². The molecule has 0 aliphatic heterocycles. The molecule has 1 unspecified atom stereocenters. The molecule has 5 nitrogen and oxygen atoms in total. The summed E-state index contributed by atoms with van der Waals surface area (Å²) in [6.45, 7) is 0. The van der Waals surface area contributed by atoms with Crippen molar-refractivity contribution >= 4 is 5.97 Å². The van der Waals surface area contributed by atoms with E-state index in [0.29, 0.717) is 5.56 Å². The monoisotopic (exact) mass is 236 g/mol. The predicted octanol–water partition coefficient (Wildman–Crippen LogP) is -2.94. The first-order chi connectivity index (χ1) is 6.50. The second-order valence-electron chi connectivity index (χ2n) is 2.97. The minimum absolute atomic E-state index is 0. The fourth-order valence-electron chi connectivity index (χ4n) is 1.04. The molecule has 76 valence electrons. The third-order valence-corrected chi connectivity index (χ3v) is 1.81. The molecule has 0 aliphatic carbocycles. The van der Waals surface area contributed by atoms with Crippen LogP contribution in [0.1, 0.15) is 5.56 Å². The summed E-state index contributed by atoms with van der Waals surface area (Å²) >= 11 is 0. The maximum absolute atomic E-state index is 10.4. The molecule has 1 atom stereocenters. The van der Waals surface area contributed by atoms with Gasteiger partial charge in [0.2, 0.25) is 0 Å². The molecule has 0 radical (unpaired) electrons. The zero-order chi connectivity index (χ0) is 10.7. The van der Waals surface area contributed by atoms with Crippen LogP contribution < -0.4 is 57.1 Å². The van der Waals surface area contributed by atoms with Crippen LogP contribution in [0.4, 0.5) is 0 Å². The van der Waals surface area contributed by atoms with Crippen LogP contribution in [0.2, 0.25) is 0 Å². The molecule has 6 heteroatoms. The van der Waals surface area contributed by atoms with Crippen molar-refractivity contribution in [1.29, 1.82) is 0 Å². The van der Waals surface area contributed by atoms with Gasteiger partial charge in [-0.15, -0.1) is 0 Å². The summed E-state index contributed by atoms with van der Waals surface area (Å²) < 4.78 is 0. The Balaban J connectivity index is 0.00000196. The van der Waals surface area contributed by atoms with Crippen LogP contribution in [0.3, 0.4) is 0 Å². The van der Waals surface area contributed by atoms with Gasteiger partial charge in [-0.3, -0.25) is 4.79 Å². The van der Waals surface area contributed by atoms with Gasteiger partial charge in [0, 0.05) is 0 Å². The van der Waals surface area contributed by atoms with E-state index in [2.05, 4.69) is 0 Å². The summed E-state index contributed by atoms with van der Waals surface area (Å²) in [5.41, 5.74) is 5.86. The molecule has 0 saturated heterocycles. The first-order valence-corrected chi connectivity index (χ1v) is 4.00. The molecule has 1 aromatic carbocycles. The van der Waals surface area contributed by atoms with Gasteiger partial charge in [-0.1, -0.05) is 6.07 Å². The first-order valence-electron chi connectivity index (χ1n) is 4.00. The molecule has 0 saturated carbocycles. The molecule has 0 amide bonds. The van der Waals surface area contributed by atoms with Gasteiger partial charge in [-0.05, 0) is 24.1 Å². The van der Waals surface area contributed by atoms with Gasteiger partial charge in [0.25, 0.3) is 0 Å². The number of hydrogen-bond donors (Lipinski definition) is 4. The van der Waals surface area contributed by atoms with Crippen LogP contribution in [0.5, 0.6) is 11.5 Å². The largest absolute Gasteiger partial charge is 1.00 e. The Morgan fingerprint density at radius 1 is 1.33 bits per heavy atom. The van der Waals surface area contributed by atoms with Crippen molar-refractivity contribution in [2.45, 2.75) is 12.5 Å². The molecule has 0 aliphatic rings. The average molecular weight is 236 g/mol. The summed E-state index contributed by atoms with van der Waals surface area (Å²) in [5.74, 6) is -1.62. The van der Waals surface area contributed by atoms with E-state index in [-0.39, 0.29) is 69.3 Å². The number of hydrogen-bond acceptors (Lipinski definition) is 4. The minimum atomic E-state index is -1.10. The van der Waals surface area contributed by atoms with Crippen molar-refractivity contribution in [1.82, 2.24) is 0 Å². The standard InChI is InChI=1S/C9H11NO4.K/c10-6(9(13)14)3-5-1-2-7(11)8(12)4-5;/h1-2,4,6,11-12H,3,10H2,(H,13,14);/q;+1. The molecule has 1 aromatic rings. The predicted molar refractivity (Wildman–Crippen MR) is 49.1 cm³/mol. The van der Waals surface area contributed by atoms with Gasteiger partial charge in [0.1, 0.15) is 6.04 Å². The van der Waals surface area contributed by atoms with Gasteiger partial charge >= 0.3 is 57.4 Å². The Morgan fingerprint density at radius 2 is 1.93 bits per heavy atom. The fourth-order valence-corrected chi connectivity index (χ4v) is 1.04. The van der Waals surface area contributed by atoms with Gasteiger partial charge in [-0.2, -0.15) is 0 Å². The molecule has 0 fully saturated rings. The summed E-state index contributed by atoms with van der Waals surface area (Å²) in [6, 6.07) is 3.09. The van der Waals surface area contributed by atoms with Crippen LogP contribution in [0.15, 0.2) is 18.2 Å². The second-order valence-corrected chi connectivity index (χ2v) is 2.97. The van der Waals surface area contributed by atoms with Crippen LogP contribution in [-0.2, 0) is 11.2 Å². The number of rotatable bonds is 3. The van der Waals surface area contributed by atoms with E-state index >= 15 is 0 Å². The van der Waals surface area contributed by atoms with E-state index in [0.717, 1.165) is 0 Å². The van der Waals surface area contributed by atoms with E-state index in [1.165, 1.54) is 18.2 Å². The third-order valence-electron chi connectivity index (χ3n) is 1.81. The van der Waals surface area contributed by atoms with Gasteiger partial charge in [-0.25, -0.2) is 0 Å². The number of benzene rings is 1. The number of phenolic OH excluding ortho intramolecular Hbond substituents is 2. The van der Waals surface area contributed by atoms with Crippen LogP contribution >= 0.6 is 0 Å². The Morgan fingerprint density at radius 3 is 2.40 bits per heavy atom. The maximum Gasteiger partial charge on any atom is 1.00 e. The Kier molecular flexibility index (Phi) is 6.42. The molecule has 0 aromatic heterocycles. The molecule has 0 bridgehead atoms. The maximum atomic E-state index is 10.4. The van der Waals surface area contributed by atoms with Gasteiger partial charge < -0.3 is 21.1 Å². The second kappa shape index (κ2) is 6.46. The average Bonchev–Trinajstić information content (AvgIpc) is 2.11. The Bertz CT molecular complexity index is 356. The SMILES string of the molecule is NC(Cc1ccc(O)c(O)c1)C(=O)O.[K+]. The van der Waals surface area contributed by atoms with E-state index in [9.17, 15) is 4.79 Å². The normalized spacial score (nSPS) is 11.5. The van der Waals surface area contributed by atoms with Crippen molar-refractivity contribution in [3.8, 4) is 11.5 Å². The minimum Gasteiger partial charge on any atom is -0.504 e. The molecular formula is C9H11KNO4+. The zero-order valence-corrected chi connectivity index (χ0v) is 11.5. The number of nitrogens with two attached hydrogens (primary N) is 1. The van der Waals surface area contributed by atoms with Crippen molar-refractivity contribution < 1.29 is 71.5 Å². The van der Waals surface area contributed by atoms with E-state index in [1.807, 2.05) is 0 Å². The smallest absolute Gasteiger partial charge is 0.504 e. The van der Waals surface area contributed by atoms with Crippen LogP contribution in [0, 0.1) is 0 Å². The number of aromatic hydroxyl groups is 2. The van der Waals surface area contributed by atoms with E-state index in [1.54, 1.807) is 0 Å². The number of aliphatic carboxylic acids is 1. The van der Waals surface area contributed by atoms with Crippen molar-refractivity contribution in [3.05, 3.63) is 23.8 Å². The fraction of sp³-hybridized carbons (Fsp3) is 0.222. The van der Waals surface area contributed by atoms with E-state index in [4.69, 9.17) is 21.1 Å². The molecule has 15 heavy (non-hydrogen) atoms. The number of carboxylic acid groups (broad SMARTS) is 1. The van der Waals surface area contributed by atoms with Gasteiger partial charge in [0.15, 0.2) is 11.5 Å². The summed E-state index contributed by atoms with van der Waals surface area (Å²) in [7, 11) is 0. The zero-order valence-electron chi connectivity index (χ0n) is 8.34. The van der Waals surface area contributed by atoms with Gasteiger partial charge in [0.05, 0.1) is 0 Å². The van der Waals surface area contributed by atoms with Crippen LogP contribution in [0.25, 0.3) is 0 Å². The Labute approximate surface area is 129 Å². The van der Waals surface area contributed by atoms with Crippen molar-refractivity contribution in [2.24, 2.45) is 5.73 Å².